The molecule has 43 heavy (non-hydrogen) atoms. The van der Waals surface area contributed by atoms with Gasteiger partial charge in [-0.2, -0.15) is 5.26 Å². The lowest BCUT2D eigenvalue weighted by molar-refractivity contribution is 0.0526. The third-order valence-electron chi connectivity index (χ3n) is 7.16. The number of aromatic nitrogens is 1. The molecule has 0 atom stereocenters. The number of nitrogens with zero attached hydrogens (tertiary/aromatic N) is 3. The highest BCUT2D eigenvalue weighted by atomic mass is 16.5. The van der Waals surface area contributed by atoms with Crippen molar-refractivity contribution < 1.29 is 23.4 Å². The van der Waals surface area contributed by atoms with Crippen LogP contribution in [-0.4, -0.2) is 37.6 Å². The first-order valence-corrected chi connectivity index (χ1v) is 13.7. The van der Waals surface area contributed by atoms with Crippen LogP contribution in [0.15, 0.2) is 88.3 Å². The van der Waals surface area contributed by atoms with Gasteiger partial charge in [0, 0.05) is 40.0 Å². The molecule has 8 heteroatoms. The summed E-state index contributed by atoms with van der Waals surface area (Å²) in [6, 6.07) is 26.6. The van der Waals surface area contributed by atoms with Crippen LogP contribution in [-0.2, 0) is 4.74 Å². The standard InChI is InChI=1S/C35H31N3O5/c1-6-42-35(39)26-7-13-28(14-8-26)38-22(2)19-27(23(38)3)21-37-34-31(20-36)32(24-9-15-29(40-4)16-10-24)33(43-34)25-11-17-30(41-5)18-12-25/h7-19,21H,6H2,1-5H3. The fourth-order valence-electron chi connectivity index (χ4n) is 5.00. The summed E-state index contributed by atoms with van der Waals surface area (Å²) in [6.45, 7) is 6.10. The number of aliphatic imine (C=N–C) groups is 1. The van der Waals surface area contributed by atoms with Crippen molar-refractivity contribution in [2.75, 3.05) is 20.8 Å². The Morgan fingerprint density at radius 2 is 1.53 bits per heavy atom. The van der Waals surface area contributed by atoms with Crippen LogP contribution in [0.5, 0.6) is 11.5 Å². The van der Waals surface area contributed by atoms with Gasteiger partial charge in [0.15, 0.2) is 0 Å². The van der Waals surface area contributed by atoms with Crippen LogP contribution < -0.4 is 9.47 Å². The molecule has 2 heterocycles. The molecule has 0 amide bonds. The Bertz CT molecular complexity index is 1820. The number of nitriles is 1. The molecule has 0 fully saturated rings. The van der Waals surface area contributed by atoms with Crippen LogP contribution in [0, 0.1) is 25.2 Å². The predicted octanol–water partition coefficient (Wildman–Crippen LogP) is 7.84. The monoisotopic (exact) mass is 573 g/mol. The number of hydrogen-bond acceptors (Lipinski definition) is 7. The number of hydrogen-bond donors (Lipinski definition) is 0. The second kappa shape index (κ2) is 12.5. The molecule has 0 saturated heterocycles. The Morgan fingerprint density at radius 1 is 0.930 bits per heavy atom. The molecule has 8 nitrogen and oxygen atoms in total. The van der Waals surface area contributed by atoms with Gasteiger partial charge in [-0.25, -0.2) is 9.79 Å². The molecular formula is C35H31N3O5. The first kappa shape index (κ1) is 29.0. The number of methoxy groups -OCH3 is 2. The maximum absolute atomic E-state index is 12.1. The topological polar surface area (TPSA) is 99.0 Å². The molecule has 0 bridgehead atoms. The number of benzene rings is 3. The number of aryl methyl sites for hydroxylation is 1. The number of carbonyl (C=O) groups excluding carboxylic acids is 1. The molecule has 3 aromatic carbocycles. The average Bonchev–Trinajstić information content (AvgIpc) is 3.55. The Hall–Kier alpha value is -5.55. The van der Waals surface area contributed by atoms with Gasteiger partial charge in [-0.15, -0.1) is 0 Å². The van der Waals surface area contributed by atoms with E-state index in [2.05, 4.69) is 15.6 Å². The summed E-state index contributed by atoms with van der Waals surface area (Å²) < 4.78 is 24.1. The molecule has 0 saturated carbocycles. The minimum absolute atomic E-state index is 0.211. The number of furan rings is 1. The molecule has 0 spiro atoms. The third kappa shape index (κ3) is 5.79. The third-order valence-corrected chi connectivity index (χ3v) is 7.16. The van der Waals surface area contributed by atoms with E-state index < -0.39 is 0 Å². The molecule has 0 radical (unpaired) electrons. The van der Waals surface area contributed by atoms with Gasteiger partial charge in [0.1, 0.15) is 28.9 Å². The van der Waals surface area contributed by atoms with Crippen molar-refractivity contribution in [2.24, 2.45) is 4.99 Å². The van der Waals surface area contributed by atoms with Crippen LogP contribution in [0.4, 0.5) is 5.88 Å². The summed E-state index contributed by atoms with van der Waals surface area (Å²) in [6.07, 6.45) is 1.71. The van der Waals surface area contributed by atoms with Gasteiger partial charge >= 0.3 is 5.97 Å². The highest BCUT2D eigenvalue weighted by molar-refractivity contribution is 5.91. The number of ether oxygens (including phenoxy) is 3. The van der Waals surface area contributed by atoms with Gasteiger partial charge in [0.25, 0.3) is 0 Å². The first-order valence-electron chi connectivity index (χ1n) is 13.7. The fourth-order valence-corrected chi connectivity index (χ4v) is 5.00. The summed E-state index contributed by atoms with van der Waals surface area (Å²) in [7, 11) is 3.22. The van der Waals surface area contributed by atoms with Gasteiger partial charge in [0.2, 0.25) is 5.88 Å². The van der Waals surface area contributed by atoms with Gasteiger partial charge < -0.3 is 23.2 Å². The lowest BCUT2D eigenvalue weighted by atomic mass is 9.98. The predicted molar refractivity (Wildman–Crippen MR) is 166 cm³/mol. The molecule has 0 aliphatic carbocycles. The molecule has 0 N–H and O–H groups in total. The second-order valence-electron chi connectivity index (χ2n) is 9.74. The highest BCUT2D eigenvalue weighted by Crippen LogP contribution is 2.43. The summed E-state index contributed by atoms with van der Waals surface area (Å²) in [5.41, 5.74) is 6.77. The van der Waals surface area contributed by atoms with Crippen molar-refractivity contribution >= 4 is 18.1 Å². The van der Waals surface area contributed by atoms with Crippen molar-refractivity contribution in [2.45, 2.75) is 20.8 Å². The van der Waals surface area contributed by atoms with E-state index in [-0.39, 0.29) is 11.9 Å². The van der Waals surface area contributed by atoms with E-state index in [0.29, 0.717) is 40.6 Å². The van der Waals surface area contributed by atoms with Gasteiger partial charge in [-0.1, -0.05) is 12.1 Å². The molecule has 0 aliphatic rings. The van der Waals surface area contributed by atoms with Crippen LogP contribution in [0.3, 0.4) is 0 Å². The molecule has 5 aromatic rings. The molecular weight excluding hydrogens is 542 g/mol. The lowest BCUT2D eigenvalue weighted by Crippen LogP contribution is -2.05. The smallest absolute Gasteiger partial charge is 0.338 e. The van der Waals surface area contributed by atoms with Crippen LogP contribution in [0.25, 0.3) is 28.1 Å². The zero-order valence-corrected chi connectivity index (χ0v) is 24.7. The van der Waals surface area contributed by atoms with Crippen molar-refractivity contribution in [3.63, 3.8) is 0 Å². The largest absolute Gasteiger partial charge is 0.497 e. The van der Waals surface area contributed by atoms with Gasteiger partial charge in [-0.3, -0.25) is 0 Å². The normalized spacial score (nSPS) is 11.0. The Morgan fingerprint density at radius 3 is 2.09 bits per heavy atom. The van der Waals surface area contributed by atoms with Crippen molar-refractivity contribution in [3.8, 4) is 45.7 Å². The molecule has 0 unspecified atom stereocenters. The van der Waals surface area contributed by atoms with E-state index >= 15 is 0 Å². The quantitative estimate of drug-likeness (QED) is 0.132. The van der Waals surface area contributed by atoms with E-state index in [1.807, 2.05) is 80.6 Å². The van der Waals surface area contributed by atoms with E-state index in [4.69, 9.17) is 18.6 Å². The summed E-state index contributed by atoms with van der Waals surface area (Å²) in [5.74, 6) is 1.82. The Labute approximate surface area is 250 Å². The minimum atomic E-state index is -0.349. The zero-order chi connectivity index (χ0) is 30.5. The summed E-state index contributed by atoms with van der Waals surface area (Å²) in [5, 5.41) is 10.3. The lowest BCUT2D eigenvalue weighted by Gasteiger charge is -2.10. The van der Waals surface area contributed by atoms with Gasteiger partial charge in [-0.05, 0) is 93.1 Å². The molecule has 0 aliphatic heterocycles. The number of esters is 1. The minimum Gasteiger partial charge on any atom is -0.497 e. The van der Waals surface area contributed by atoms with Gasteiger partial charge in [0.05, 0.1) is 26.4 Å². The highest BCUT2D eigenvalue weighted by Gasteiger charge is 2.23. The van der Waals surface area contributed by atoms with E-state index in [0.717, 1.165) is 33.8 Å². The van der Waals surface area contributed by atoms with Crippen LogP contribution >= 0.6 is 0 Å². The zero-order valence-electron chi connectivity index (χ0n) is 24.7. The maximum atomic E-state index is 12.1. The summed E-state index contributed by atoms with van der Waals surface area (Å²) >= 11 is 0. The second-order valence-corrected chi connectivity index (χ2v) is 9.74. The van der Waals surface area contributed by atoms with Crippen molar-refractivity contribution in [1.29, 1.82) is 5.26 Å². The fraction of sp³-hybridized carbons (Fsp3) is 0.171. The maximum Gasteiger partial charge on any atom is 0.338 e. The van der Waals surface area contributed by atoms with Crippen LogP contribution in [0.2, 0.25) is 0 Å². The van der Waals surface area contributed by atoms with E-state index in [9.17, 15) is 10.1 Å². The molecule has 5 rings (SSSR count). The number of rotatable bonds is 9. The van der Waals surface area contributed by atoms with Crippen molar-refractivity contribution in [3.05, 3.63) is 107 Å². The SMILES string of the molecule is CCOC(=O)c1ccc(-n2c(C)cc(C=Nc3oc(-c4ccc(OC)cc4)c(-c4ccc(OC)cc4)c3C#N)c2C)cc1. The average molecular weight is 574 g/mol. The summed E-state index contributed by atoms with van der Waals surface area (Å²) in [4.78, 5) is 16.8. The van der Waals surface area contributed by atoms with E-state index in [1.54, 1.807) is 39.5 Å². The number of carbonyl (C=O) groups is 1. The van der Waals surface area contributed by atoms with Crippen LogP contribution in [0.1, 0.15) is 39.8 Å². The molecule has 2 aromatic heterocycles. The first-order chi connectivity index (χ1) is 20.9. The Kier molecular flexibility index (Phi) is 8.44. The Balaban J connectivity index is 1.55. The van der Waals surface area contributed by atoms with Crippen molar-refractivity contribution in [1.82, 2.24) is 4.57 Å². The molecule has 216 valence electrons. The van der Waals surface area contributed by atoms with E-state index in [1.165, 1.54) is 0 Å².